The normalized spacial score (nSPS) is 12.0. The summed E-state index contributed by atoms with van der Waals surface area (Å²) in [4.78, 5) is 24.6. The van der Waals surface area contributed by atoms with E-state index in [1.54, 1.807) is 0 Å². The fourth-order valence-electron chi connectivity index (χ4n) is 11.6. The first-order chi connectivity index (χ1) is 37.6. The van der Waals surface area contributed by atoms with Gasteiger partial charge < -0.3 is 14.6 Å². The summed E-state index contributed by atoms with van der Waals surface area (Å²) in [5.74, 6) is -0.558. The van der Waals surface area contributed by atoms with Gasteiger partial charge in [0, 0.05) is 12.8 Å². The average Bonchev–Trinajstić information content (AvgIpc) is 3.42. The van der Waals surface area contributed by atoms with E-state index in [-0.39, 0.29) is 25.2 Å². The second-order valence-electron chi connectivity index (χ2n) is 24.7. The van der Waals surface area contributed by atoms with Gasteiger partial charge in [0.05, 0.1) is 6.61 Å². The monoisotopic (exact) mass is 1070 g/mol. The number of ether oxygens (including phenoxy) is 2. The van der Waals surface area contributed by atoms with Gasteiger partial charge >= 0.3 is 11.9 Å². The predicted molar refractivity (Wildman–Crippen MR) is 335 cm³/mol. The van der Waals surface area contributed by atoms with Gasteiger partial charge in [0.25, 0.3) is 0 Å². The predicted octanol–water partition coefficient (Wildman–Crippen LogP) is 24.4. The third kappa shape index (κ3) is 65.4. The van der Waals surface area contributed by atoms with Crippen LogP contribution < -0.4 is 0 Å². The largest absolute Gasteiger partial charge is 0.462 e. The van der Waals surface area contributed by atoms with Crippen molar-refractivity contribution >= 4 is 11.9 Å². The lowest BCUT2D eigenvalue weighted by Gasteiger charge is -2.15. The quantitative estimate of drug-likeness (QED) is 0.0485. The van der Waals surface area contributed by atoms with Crippen LogP contribution in [-0.4, -0.2) is 36.4 Å². The summed E-state index contributed by atoms with van der Waals surface area (Å²) in [6.07, 6.45) is 85.9. The van der Waals surface area contributed by atoms with Crippen molar-refractivity contribution < 1.29 is 24.2 Å². The maximum Gasteiger partial charge on any atom is 0.306 e. The zero-order valence-corrected chi connectivity index (χ0v) is 52.3. The van der Waals surface area contributed by atoms with Gasteiger partial charge in [0.2, 0.25) is 0 Å². The molecule has 0 spiro atoms. The number of esters is 2. The van der Waals surface area contributed by atoms with E-state index in [0.717, 1.165) is 32.1 Å². The van der Waals surface area contributed by atoms with Crippen LogP contribution in [0.1, 0.15) is 425 Å². The Morgan fingerprint density at radius 1 is 0.250 bits per heavy atom. The summed E-state index contributed by atoms with van der Waals surface area (Å²) < 4.78 is 10.8. The van der Waals surface area contributed by atoms with Crippen LogP contribution in [0.5, 0.6) is 0 Å². The number of aliphatic hydroxyl groups excluding tert-OH is 1. The van der Waals surface area contributed by atoms with Crippen molar-refractivity contribution in [3.05, 3.63) is 0 Å². The van der Waals surface area contributed by atoms with E-state index in [0.29, 0.717) is 12.8 Å². The number of unbranched alkanes of at least 4 members (excludes halogenated alkanes) is 60. The van der Waals surface area contributed by atoms with Crippen LogP contribution in [0, 0.1) is 0 Å². The maximum absolute atomic E-state index is 12.4. The van der Waals surface area contributed by atoms with Gasteiger partial charge in [-0.25, -0.2) is 0 Å². The van der Waals surface area contributed by atoms with Crippen LogP contribution in [0.3, 0.4) is 0 Å². The van der Waals surface area contributed by atoms with Crippen molar-refractivity contribution in [2.45, 2.75) is 431 Å². The molecule has 0 saturated carbocycles. The summed E-state index contributed by atoms with van der Waals surface area (Å²) in [6, 6.07) is 0. The van der Waals surface area contributed by atoms with Gasteiger partial charge in [0.15, 0.2) is 6.10 Å². The summed E-state index contributed by atoms with van der Waals surface area (Å²) in [5.41, 5.74) is 0. The van der Waals surface area contributed by atoms with Crippen LogP contribution in [0.15, 0.2) is 0 Å². The molecule has 0 aromatic rings. The highest BCUT2D eigenvalue weighted by Gasteiger charge is 2.16. The Balaban J connectivity index is 3.35. The highest BCUT2D eigenvalue weighted by molar-refractivity contribution is 5.70. The molecular weight excluding hydrogens is 933 g/mol. The molecule has 0 fully saturated rings. The lowest BCUT2D eigenvalue weighted by molar-refractivity contribution is -0.161. The minimum atomic E-state index is -0.766. The number of hydrogen-bond acceptors (Lipinski definition) is 5. The van der Waals surface area contributed by atoms with E-state index in [2.05, 4.69) is 13.8 Å². The molecule has 76 heavy (non-hydrogen) atoms. The Hall–Kier alpha value is -1.10. The summed E-state index contributed by atoms with van der Waals surface area (Å²) in [5, 5.41) is 9.70. The van der Waals surface area contributed by atoms with Crippen molar-refractivity contribution in [3.63, 3.8) is 0 Å². The molecule has 0 saturated heterocycles. The Morgan fingerprint density at radius 3 is 0.579 bits per heavy atom. The first kappa shape index (κ1) is 74.9. The van der Waals surface area contributed by atoms with Crippen molar-refractivity contribution in [1.29, 1.82) is 0 Å². The smallest absolute Gasteiger partial charge is 0.306 e. The van der Waals surface area contributed by atoms with Crippen LogP contribution in [0.2, 0.25) is 0 Å². The molecule has 5 heteroatoms. The van der Waals surface area contributed by atoms with E-state index in [4.69, 9.17) is 9.47 Å². The summed E-state index contributed by atoms with van der Waals surface area (Å²) in [7, 11) is 0. The van der Waals surface area contributed by atoms with Crippen LogP contribution >= 0.6 is 0 Å². The molecule has 0 aromatic heterocycles. The van der Waals surface area contributed by atoms with Gasteiger partial charge in [-0.3, -0.25) is 9.59 Å². The molecule has 1 N–H and O–H groups in total. The highest BCUT2D eigenvalue weighted by Crippen LogP contribution is 2.20. The minimum absolute atomic E-state index is 0.0553. The standard InChI is InChI=1S/C71H140O5/c1-3-5-7-9-11-13-15-17-19-21-23-25-27-29-31-33-34-35-36-38-40-42-44-46-48-50-52-54-56-58-60-62-64-66-71(74)76-69(67-72)68-75-70(73)65-63-61-59-57-55-53-51-49-47-45-43-41-39-37-32-30-28-26-24-22-20-18-16-14-12-10-8-6-4-2/h69,72H,3-68H2,1-2H3. The molecule has 0 radical (unpaired) electrons. The first-order valence-corrected chi connectivity index (χ1v) is 35.6. The lowest BCUT2D eigenvalue weighted by atomic mass is 10.0. The number of carbonyl (C=O) groups excluding carboxylic acids is 2. The molecule has 0 heterocycles. The molecule has 0 bridgehead atoms. The Labute approximate surface area is 478 Å². The molecule has 0 rings (SSSR count). The summed E-state index contributed by atoms with van der Waals surface area (Å²) >= 11 is 0. The molecule has 1 atom stereocenters. The van der Waals surface area contributed by atoms with Gasteiger partial charge in [-0.2, -0.15) is 0 Å². The Kier molecular flexibility index (Phi) is 67.2. The molecule has 0 aliphatic carbocycles. The average molecular weight is 1070 g/mol. The topological polar surface area (TPSA) is 72.8 Å². The van der Waals surface area contributed by atoms with Gasteiger partial charge in [0.1, 0.15) is 6.61 Å². The first-order valence-electron chi connectivity index (χ1n) is 35.6. The van der Waals surface area contributed by atoms with Crippen LogP contribution in [0.25, 0.3) is 0 Å². The maximum atomic E-state index is 12.4. The second kappa shape index (κ2) is 68.2. The molecule has 0 aliphatic rings. The molecule has 0 aliphatic heterocycles. The van der Waals surface area contributed by atoms with Crippen molar-refractivity contribution in [2.75, 3.05) is 13.2 Å². The van der Waals surface area contributed by atoms with Gasteiger partial charge in [-0.05, 0) is 12.8 Å². The minimum Gasteiger partial charge on any atom is -0.462 e. The van der Waals surface area contributed by atoms with Crippen molar-refractivity contribution in [3.8, 4) is 0 Å². The number of hydrogen-bond donors (Lipinski definition) is 1. The third-order valence-electron chi connectivity index (χ3n) is 16.9. The number of rotatable bonds is 68. The molecule has 0 aromatic carbocycles. The van der Waals surface area contributed by atoms with E-state index in [1.165, 1.54) is 366 Å². The van der Waals surface area contributed by atoms with E-state index < -0.39 is 6.10 Å². The van der Waals surface area contributed by atoms with E-state index in [9.17, 15) is 14.7 Å². The fourth-order valence-corrected chi connectivity index (χ4v) is 11.6. The summed E-state index contributed by atoms with van der Waals surface area (Å²) in [6.45, 7) is 4.23. The zero-order chi connectivity index (χ0) is 54.8. The fraction of sp³-hybridized carbons (Fsp3) is 0.972. The van der Waals surface area contributed by atoms with Crippen LogP contribution in [-0.2, 0) is 19.1 Å². The van der Waals surface area contributed by atoms with Crippen molar-refractivity contribution in [2.24, 2.45) is 0 Å². The Morgan fingerprint density at radius 2 is 0.408 bits per heavy atom. The molecule has 1 unspecified atom stereocenters. The van der Waals surface area contributed by atoms with Crippen LogP contribution in [0.4, 0.5) is 0 Å². The number of aliphatic hydroxyl groups is 1. The number of carbonyl (C=O) groups is 2. The molecule has 454 valence electrons. The van der Waals surface area contributed by atoms with E-state index >= 15 is 0 Å². The lowest BCUT2D eigenvalue weighted by Crippen LogP contribution is -2.28. The molecule has 5 nitrogen and oxygen atoms in total. The SMILES string of the molecule is CCCCCCCCCCCCCCCCCCCCCCCCCCCCCCCCCCCC(=O)OC(CO)COC(=O)CCCCCCCCCCCCCCCCCCCCCCCCCCCCCCC. The second-order valence-corrected chi connectivity index (χ2v) is 24.7. The van der Waals surface area contributed by atoms with Gasteiger partial charge in [-0.1, -0.05) is 399 Å². The van der Waals surface area contributed by atoms with E-state index in [1.807, 2.05) is 0 Å². The zero-order valence-electron chi connectivity index (χ0n) is 52.3. The molecule has 0 amide bonds. The highest BCUT2D eigenvalue weighted by atomic mass is 16.6. The van der Waals surface area contributed by atoms with Crippen molar-refractivity contribution in [1.82, 2.24) is 0 Å². The Bertz CT molecular complexity index is 1080. The third-order valence-corrected chi connectivity index (χ3v) is 16.9. The molecular formula is C71H140O5. The van der Waals surface area contributed by atoms with Gasteiger partial charge in [-0.15, -0.1) is 0 Å².